The number of rotatable bonds is 8. The van der Waals surface area contributed by atoms with Gasteiger partial charge >= 0.3 is 6.03 Å². The van der Waals surface area contributed by atoms with Crippen LogP contribution in [0.5, 0.6) is 0 Å². The van der Waals surface area contributed by atoms with Crippen molar-refractivity contribution in [2.24, 2.45) is 4.99 Å². The van der Waals surface area contributed by atoms with Crippen molar-refractivity contribution in [3.8, 4) is 11.4 Å². The first-order chi connectivity index (χ1) is 20.9. The monoisotopic (exact) mass is 579 g/mol. The molecule has 2 aromatic carbocycles. The van der Waals surface area contributed by atoms with Crippen LogP contribution >= 0.6 is 0 Å². The predicted octanol–water partition coefficient (Wildman–Crippen LogP) is 4.31. The van der Waals surface area contributed by atoms with Gasteiger partial charge in [-0.2, -0.15) is 0 Å². The number of hydrogen-bond acceptors (Lipinski definition) is 9. The zero-order valence-corrected chi connectivity index (χ0v) is 24.2. The number of nitrogens with zero attached hydrogens (tertiary/aromatic N) is 6. The molecule has 3 heterocycles. The largest absolute Gasteiger partial charge is 0.378 e. The number of pyridine rings is 1. The Labute approximate surface area is 249 Å². The summed E-state index contributed by atoms with van der Waals surface area (Å²) < 4.78 is 5.56. The van der Waals surface area contributed by atoms with Gasteiger partial charge in [0.15, 0.2) is 5.82 Å². The molecule has 2 aromatic heterocycles. The highest BCUT2D eigenvalue weighted by Gasteiger charge is 2.19. The van der Waals surface area contributed by atoms with Crippen molar-refractivity contribution < 1.29 is 14.3 Å². The van der Waals surface area contributed by atoms with E-state index in [4.69, 9.17) is 20.1 Å². The summed E-state index contributed by atoms with van der Waals surface area (Å²) in [4.78, 5) is 46.6. The summed E-state index contributed by atoms with van der Waals surface area (Å²) in [5, 5.41) is 14.2. The Morgan fingerprint density at radius 2 is 1.81 bits per heavy atom. The fourth-order valence-corrected chi connectivity index (χ4v) is 4.70. The first-order valence-corrected chi connectivity index (χ1v) is 13.8. The molecule has 1 unspecified atom stereocenters. The van der Waals surface area contributed by atoms with Gasteiger partial charge < -0.3 is 25.3 Å². The van der Waals surface area contributed by atoms with Crippen LogP contribution in [0.15, 0.2) is 65.8 Å². The number of anilines is 3. The van der Waals surface area contributed by atoms with Crippen LogP contribution in [0.3, 0.4) is 0 Å². The lowest BCUT2D eigenvalue weighted by Crippen LogP contribution is -2.37. The first kappa shape index (κ1) is 29.3. The van der Waals surface area contributed by atoms with Crippen LogP contribution in [-0.2, 0) is 4.74 Å². The molecule has 0 radical (unpaired) electrons. The summed E-state index contributed by atoms with van der Waals surface area (Å²) in [5.74, 6) is 1.29. The molecule has 4 aromatic rings. The summed E-state index contributed by atoms with van der Waals surface area (Å²) in [6, 6.07) is 15.6. The lowest BCUT2D eigenvalue weighted by atomic mass is 9.99. The second kappa shape index (κ2) is 13.2. The van der Waals surface area contributed by atoms with Crippen LogP contribution in [0.1, 0.15) is 21.8 Å². The van der Waals surface area contributed by atoms with Crippen molar-refractivity contribution in [1.29, 1.82) is 5.41 Å². The standard InChI is InChI=1S/C31H33N9O3/c1-33-18-23(17-32)21-6-10-25-26(16-21)36-28(38-29(25)40-12-14-43-15-13-40)22-7-11-27(34-19-22)37-31(42)35-24-8-4-20(5-9-24)30(41)39(2)3/h4-11,16-19,23,32H,12-15H2,1-3H3,(H2,34,35,37,42). The molecular formula is C31H33N9O3. The Hall–Kier alpha value is -5.23. The minimum absolute atomic E-state index is 0.116. The Kier molecular flexibility index (Phi) is 8.96. The van der Waals surface area contributed by atoms with E-state index in [1.807, 2.05) is 24.3 Å². The number of carbonyl (C=O) groups excluding carboxylic acids is 2. The molecular weight excluding hydrogens is 546 g/mol. The fraction of sp³-hybridized carbons (Fsp3) is 0.258. The Bertz CT molecular complexity index is 1650. The van der Waals surface area contributed by atoms with Crippen molar-refractivity contribution in [1.82, 2.24) is 19.9 Å². The van der Waals surface area contributed by atoms with Gasteiger partial charge in [-0.15, -0.1) is 0 Å². The number of nitrogens with one attached hydrogen (secondary N) is 3. The van der Waals surface area contributed by atoms with Gasteiger partial charge in [0.2, 0.25) is 0 Å². The number of aliphatic imine (C=N–C) groups is 1. The van der Waals surface area contributed by atoms with E-state index < -0.39 is 6.03 Å². The molecule has 0 spiro atoms. The Balaban J connectivity index is 1.37. The van der Waals surface area contributed by atoms with E-state index in [2.05, 4.69) is 25.5 Å². The molecule has 1 fully saturated rings. The number of hydrogen-bond donors (Lipinski definition) is 3. The van der Waals surface area contributed by atoms with Gasteiger partial charge in [0.05, 0.1) is 24.6 Å². The van der Waals surface area contributed by atoms with Gasteiger partial charge in [0.25, 0.3) is 5.91 Å². The third kappa shape index (κ3) is 6.81. The number of fused-ring (bicyclic) bond motifs is 1. The predicted molar refractivity (Wildman–Crippen MR) is 169 cm³/mol. The molecule has 0 saturated carbocycles. The third-order valence-corrected chi connectivity index (χ3v) is 6.94. The van der Waals surface area contributed by atoms with Crippen LogP contribution in [0.4, 0.5) is 22.1 Å². The average Bonchev–Trinajstić information content (AvgIpc) is 3.03. The van der Waals surface area contributed by atoms with Gasteiger partial charge in [0.1, 0.15) is 11.6 Å². The highest BCUT2D eigenvalue weighted by Crippen LogP contribution is 2.30. The molecule has 1 aliphatic rings. The van der Waals surface area contributed by atoms with E-state index in [1.165, 1.54) is 11.1 Å². The van der Waals surface area contributed by atoms with Crippen molar-refractivity contribution in [3.05, 3.63) is 71.9 Å². The van der Waals surface area contributed by atoms with Gasteiger partial charge in [-0.3, -0.25) is 15.1 Å². The lowest BCUT2D eigenvalue weighted by molar-refractivity contribution is 0.0827. The number of carbonyl (C=O) groups is 2. The molecule has 43 heavy (non-hydrogen) atoms. The molecule has 5 rings (SSSR count). The molecule has 3 N–H and O–H groups in total. The topological polar surface area (TPSA) is 149 Å². The van der Waals surface area contributed by atoms with Crippen molar-refractivity contribution in [2.75, 3.05) is 63.0 Å². The molecule has 0 aliphatic carbocycles. The third-order valence-electron chi connectivity index (χ3n) is 6.94. The van der Waals surface area contributed by atoms with Crippen molar-refractivity contribution in [3.63, 3.8) is 0 Å². The highest BCUT2D eigenvalue weighted by atomic mass is 16.5. The molecule has 1 saturated heterocycles. The summed E-state index contributed by atoms with van der Waals surface area (Å²) in [6.45, 7) is 2.65. The number of amides is 3. The Morgan fingerprint density at radius 1 is 1.05 bits per heavy atom. The molecule has 0 bridgehead atoms. The zero-order chi connectivity index (χ0) is 30.3. The van der Waals surface area contributed by atoms with Gasteiger partial charge in [-0.05, 0) is 54.1 Å². The highest BCUT2D eigenvalue weighted by molar-refractivity contribution is 6.00. The molecule has 220 valence electrons. The average molecular weight is 580 g/mol. The quantitative estimate of drug-likeness (QED) is 0.263. The van der Waals surface area contributed by atoms with Crippen LogP contribution in [0.25, 0.3) is 22.3 Å². The summed E-state index contributed by atoms with van der Waals surface area (Å²) >= 11 is 0. The second-order valence-corrected chi connectivity index (χ2v) is 10.1. The van der Waals surface area contributed by atoms with E-state index >= 15 is 0 Å². The second-order valence-electron chi connectivity index (χ2n) is 10.1. The normalized spacial score (nSPS) is 14.0. The van der Waals surface area contributed by atoms with Gasteiger partial charge in [0, 0.05) is 75.1 Å². The van der Waals surface area contributed by atoms with Crippen LogP contribution in [-0.4, -0.2) is 91.7 Å². The maximum atomic E-state index is 12.6. The Morgan fingerprint density at radius 3 is 2.47 bits per heavy atom. The van der Waals surface area contributed by atoms with E-state index in [9.17, 15) is 9.59 Å². The van der Waals surface area contributed by atoms with E-state index in [1.54, 1.807) is 63.9 Å². The van der Waals surface area contributed by atoms with Gasteiger partial charge in [-0.25, -0.2) is 19.7 Å². The minimum Gasteiger partial charge on any atom is -0.378 e. The molecule has 3 amide bonds. The van der Waals surface area contributed by atoms with Crippen LogP contribution in [0.2, 0.25) is 0 Å². The van der Waals surface area contributed by atoms with Gasteiger partial charge in [-0.1, -0.05) is 6.07 Å². The molecule has 12 heteroatoms. The zero-order valence-electron chi connectivity index (χ0n) is 24.2. The lowest BCUT2D eigenvalue weighted by Gasteiger charge is -2.29. The fourth-order valence-electron chi connectivity index (χ4n) is 4.70. The smallest absolute Gasteiger partial charge is 0.324 e. The van der Waals surface area contributed by atoms with E-state index in [-0.39, 0.29) is 11.8 Å². The van der Waals surface area contributed by atoms with Crippen LogP contribution < -0.4 is 15.5 Å². The number of ether oxygens (including phenoxy) is 1. The maximum Gasteiger partial charge on any atom is 0.324 e. The first-order valence-electron chi connectivity index (χ1n) is 13.8. The maximum absolute atomic E-state index is 12.6. The van der Waals surface area contributed by atoms with Crippen molar-refractivity contribution >= 4 is 52.6 Å². The molecule has 1 atom stereocenters. The summed E-state index contributed by atoms with van der Waals surface area (Å²) in [5.41, 5.74) is 3.42. The SMILES string of the molecule is CN=CC(C=N)c1ccc2c(N3CCOCC3)nc(-c3ccc(NC(=O)Nc4ccc(C(=O)N(C)C)cc4)nc3)nc2c1. The molecule has 12 nitrogen and oxygen atoms in total. The summed E-state index contributed by atoms with van der Waals surface area (Å²) in [6.07, 6.45) is 4.70. The number of urea groups is 1. The minimum atomic E-state index is -0.465. The number of aromatic nitrogens is 3. The van der Waals surface area contributed by atoms with E-state index in [0.717, 1.165) is 22.3 Å². The summed E-state index contributed by atoms with van der Waals surface area (Å²) in [7, 11) is 5.06. The number of benzene rings is 2. The van der Waals surface area contributed by atoms with Crippen LogP contribution in [0, 0.1) is 5.41 Å². The molecule has 1 aliphatic heterocycles. The van der Waals surface area contributed by atoms with E-state index in [0.29, 0.717) is 54.8 Å². The van der Waals surface area contributed by atoms with Crippen molar-refractivity contribution in [2.45, 2.75) is 5.92 Å². The number of morpholine rings is 1.